The van der Waals surface area contributed by atoms with Crippen LogP contribution in [-0.2, 0) is 0 Å². The van der Waals surface area contributed by atoms with Gasteiger partial charge in [0.05, 0.1) is 6.10 Å². The molecule has 1 nitrogen and oxygen atoms in total. The Morgan fingerprint density at radius 1 is 1.38 bits per heavy atom. The summed E-state index contributed by atoms with van der Waals surface area (Å²) >= 11 is 5.73. The van der Waals surface area contributed by atoms with Gasteiger partial charge in [-0.15, -0.1) is 6.58 Å². The van der Waals surface area contributed by atoms with Crippen molar-refractivity contribution in [3.05, 3.63) is 47.5 Å². The van der Waals surface area contributed by atoms with Crippen LogP contribution in [-0.4, -0.2) is 5.11 Å². The Morgan fingerprint density at radius 2 is 1.92 bits per heavy atom. The maximum Gasteiger partial charge on any atom is 0.0849 e. The molecule has 0 aliphatic carbocycles. The highest BCUT2D eigenvalue weighted by Gasteiger charge is 2.12. The largest absolute Gasteiger partial charge is 0.388 e. The summed E-state index contributed by atoms with van der Waals surface area (Å²) in [4.78, 5) is 0. The predicted molar refractivity (Wildman–Crippen MR) is 55.8 cm³/mol. The minimum atomic E-state index is -0.491. The molecule has 0 aromatic heterocycles. The maximum atomic E-state index is 9.77. The van der Waals surface area contributed by atoms with Crippen LogP contribution in [0.4, 0.5) is 0 Å². The molecule has 13 heavy (non-hydrogen) atoms. The molecule has 0 radical (unpaired) electrons. The summed E-state index contributed by atoms with van der Waals surface area (Å²) in [6.07, 6.45) is 1.24. The number of benzene rings is 1. The zero-order valence-corrected chi connectivity index (χ0v) is 8.33. The molecule has 0 aliphatic rings. The van der Waals surface area contributed by atoms with Crippen LogP contribution >= 0.6 is 11.6 Å². The first-order chi connectivity index (χ1) is 6.15. The average Bonchev–Trinajstić information content (AvgIpc) is 2.17. The van der Waals surface area contributed by atoms with Crippen LogP contribution in [0.15, 0.2) is 36.9 Å². The van der Waals surface area contributed by atoms with Crippen molar-refractivity contribution in [3.8, 4) is 0 Å². The van der Waals surface area contributed by atoms with Crippen molar-refractivity contribution in [1.29, 1.82) is 0 Å². The van der Waals surface area contributed by atoms with Gasteiger partial charge in [-0.05, 0) is 17.7 Å². The van der Waals surface area contributed by atoms with Crippen LogP contribution in [0, 0.1) is 5.92 Å². The predicted octanol–water partition coefficient (Wildman–Crippen LogP) is 3.20. The Morgan fingerprint density at radius 3 is 2.38 bits per heavy atom. The Balaban J connectivity index is 2.82. The van der Waals surface area contributed by atoms with E-state index in [4.69, 9.17) is 11.6 Å². The van der Waals surface area contributed by atoms with E-state index in [2.05, 4.69) is 6.58 Å². The third kappa shape index (κ3) is 2.58. The normalized spacial score (nSPS) is 15.0. The lowest BCUT2D eigenvalue weighted by molar-refractivity contribution is 0.140. The molecule has 0 saturated heterocycles. The fourth-order valence-electron chi connectivity index (χ4n) is 1.09. The molecule has 70 valence electrons. The Labute approximate surface area is 83.7 Å². The summed E-state index contributed by atoms with van der Waals surface area (Å²) in [6.45, 7) is 5.56. The lowest BCUT2D eigenvalue weighted by Gasteiger charge is -2.15. The highest BCUT2D eigenvalue weighted by Crippen LogP contribution is 2.23. The molecular weight excluding hydrogens is 184 g/mol. The van der Waals surface area contributed by atoms with Crippen molar-refractivity contribution in [2.75, 3.05) is 0 Å². The van der Waals surface area contributed by atoms with E-state index >= 15 is 0 Å². The number of aliphatic hydroxyl groups excluding tert-OH is 1. The summed E-state index contributed by atoms with van der Waals surface area (Å²) in [5, 5.41) is 10.4. The smallest absolute Gasteiger partial charge is 0.0849 e. The minimum absolute atomic E-state index is 0.0566. The van der Waals surface area contributed by atoms with Crippen LogP contribution in [0.1, 0.15) is 18.6 Å². The number of hydrogen-bond acceptors (Lipinski definition) is 1. The molecule has 1 rings (SSSR count). The summed E-state index contributed by atoms with van der Waals surface area (Å²) < 4.78 is 0. The molecule has 0 saturated carbocycles. The molecule has 1 N–H and O–H groups in total. The molecule has 1 aromatic carbocycles. The molecular formula is C11H13ClO. The second-order valence-electron chi connectivity index (χ2n) is 3.09. The third-order valence-electron chi connectivity index (χ3n) is 2.08. The van der Waals surface area contributed by atoms with Crippen molar-refractivity contribution in [2.45, 2.75) is 13.0 Å². The first kappa shape index (κ1) is 10.3. The van der Waals surface area contributed by atoms with Crippen LogP contribution < -0.4 is 0 Å². The molecule has 0 amide bonds. The van der Waals surface area contributed by atoms with E-state index in [1.165, 1.54) is 0 Å². The van der Waals surface area contributed by atoms with Crippen LogP contribution in [0.25, 0.3) is 0 Å². The summed E-state index contributed by atoms with van der Waals surface area (Å²) in [6, 6.07) is 7.20. The fourth-order valence-corrected chi connectivity index (χ4v) is 1.22. The second kappa shape index (κ2) is 4.45. The van der Waals surface area contributed by atoms with E-state index in [0.29, 0.717) is 5.02 Å². The molecule has 1 aromatic rings. The van der Waals surface area contributed by atoms with Gasteiger partial charge in [0.2, 0.25) is 0 Å². The number of aliphatic hydroxyl groups is 1. The molecule has 0 fully saturated rings. The van der Waals surface area contributed by atoms with Crippen LogP contribution in [0.2, 0.25) is 5.02 Å². The second-order valence-corrected chi connectivity index (χ2v) is 3.53. The molecule has 2 atom stereocenters. The van der Waals surface area contributed by atoms with Crippen molar-refractivity contribution in [3.63, 3.8) is 0 Å². The van der Waals surface area contributed by atoms with Gasteiger partial charge in [-0.25, -0.2) is 0 Å². The maximum absolute atomic E-state index is 9.77. The molecule has 2 heteroatoms. The highest BCUT2D eigenvalue weighted by atomic mass is 35.5. The van der Waals surface area contributed by atoms with Crippen LogP contribution in [0.3, 0.4) is 0 Å². The van der Waals surface area contributed by atoms with E-state index < -0.39 is 6.10 Å². The van der Waals surface area contributed by atoms with Gasteiger partial charge in [0.15, 0.2) is 0 Å². The fraction of sp³-hybridized carbons (Fsp3) is 0.273. The quantitative estimate of drug-likeness (QED) is 0.737. The van der Waals surface area contributed by atoms with E-state index in [9.17, 15) is 5.11 Å². The van der Waals surface area contributed by atoms with Crippen molar-refractivity contribution >= 4 is 11.6 Å². The lowest BCUT2D eigenvalue weighted by atomic mass is 9.98. The Bertz CT molecular complexity index is 279. The van der Waals surface area contributed by atoms with Gasteiger partial charge in [0.1, 0.15) is 0 Å². The molecule has 0 spiro atoms. The summed E-state index contributed by atoms with van der Waals surface area (Å²) in [5.74, 6) is 0.0566. The molecule has 0 unspecified atom stereocenters. The number of hydrogen-bond donors (Lipinski definition) is 1. The van der Waals surface area contributed by atoms with Crippen LogP contribution in [0.5, 0.6) is 0 Å². The van der Waals surface area contributed by atoms with Gasteiger partial charge in [0, 0.05) is 10.9 Å². The van der Waals surface area contributed by atoms with Gasteiger partial charge in [-0.1, -0.05) is 36.7 Å². The monoisotopic (exact) mass is 196 g/mol. The molecule has 0 bridgehead atoms. The lowest BCUT2D eigenvalue weighted by Crippen LogP contribution is -2.05. The van der Waals surface area contributed by atoms with Gasteiger partial charge < -0.3 is 5.11 Å². The van der Waals surface area contributed by atoms with E-state index in [0.717, 1.165) is 5.56 Å². The van der Waals surface area contributed by atoms with Crippen molar-refractivity contribution < 1.29 is 5.11 Å². The zero-order chi connectivity index (χ0) is 9.84. The highest BCUT2D eigenvalue weighted by molar-refractivity contribution is 6.30. The van der Waals surface area contributed by atoms with Crippen molar-refractivity contribution in [2.24, 2.45) is 5.92 Å². The zero-order valence-electron chi connectivity index (χ0n) is 7.57. The number of rotatable bonds is 3. The Kier molecular flexibility index (Phi) is 3.52. The average molecular weight is 197 g/mol. The topological polar surface area (TPSA) is 20.2 Å². The number of halogens is 1. The van der Waals surface area contributed by atoms with E-state index in [1.807, 2.05) is 19.1 Å². The van der Waals surface area contributed by atoms with E-state index in [1.54, 1.807) is 18.2 Å². The molecule has 0 aliphatic heterocycles. The third-order valence-corrected chi connectivity index (χ3v) is 2.33. The van der Waals surface area contributed by atoms with Crippen molar-refractivity contribution in [1.82, 2.24) is 0 Å². The van der Waals surface area contributed by atoms with Gasteiger partial charge >= 0.3 is 0 Å². The minimum Gasteiger partial charge on any atom is -0.388 e. The first-order valence-corrected chi connectivity index (χ1v) is 4.59. The van der Waals surface area contributed by atoms with E-state index in [-0.39, 0.29) is 5.92 Å². The first-order valence-electron chi connectivity index (χ1n) is 4.21. The van der Waals surface area contributed by atoms with Gasteiger partial charge in [-0.2, -0.15) is 0 Å². The summed E-state index contributed by atoms with van der Waals surface area (Å²) in [5.41, 5.74) is 0.872. The Hall–Kier alpha value is -0.790. The molecule has 0 heterocycles. The summed E-state index contributed by atoms with van der Waals surface area (Å²) in [7, 11) is 0. The van der Waals surface area contributed by atoms with Gasteiger partial charge in [0.25, 0.3) is 0 Å². The van der Waals surface area contributed by atoms with Gasteiger partial charge in [-0.3, -0.25) is 0 Å². The SMILES string of the molecule is C=C[C@@H](C)[C@@H](O)c1ccc(Cl)cc1. The standard InChI is InChI=1S/C11H13ClO/c1-3-8(2)11(13)9-4-6-10(12)7-5-9/h3-8,11,13H,1H2,2H3/t8-,11-/m1/s1.